The molecule has 2 saturated heterocycles. The minimum Gasteiger partial charge on any atom is -0.393 e. The summed E-state index contributed by atoms with van der Waals surface area (Å²) in [5, 5.41) is 10.3. The fourth-order valence-corrected chi connectivity index (χ4v) is 4.69. The molecule has 3 aliphatic rings. The maximum absolute atomic E-state index is 10.3. The van der Waals surface area contributed by atoms with Crippen molar-refractivity contribution in [3.63, 3.8) is 0 Å². The van der Waals surface area contributed by atoms with Gasteiger partial charge in [-0.25, -0.2) is 0 Å². The van der Waals surface area contributed by atoms with E-state index in [0.29, 0.717) is 5.92 Å². The molecular weight excluding hydrogens is 248 g/mol. The van der Waals surface area contributed by atoms with E-state index in [1.165, 1.54) is 64.7 Å². The monoisotopic (exact) mass is 280 g/mol. The summed E-state index contributed by atoms with van der Waals surface area (Å²) < 4.78 is 0. The van der Waals surface area contributed by atoms with Gasteiger partial charge in [0, 0.05) is 19.1 Å². The van der Waals surface area contributed by atoms with Crippen LogP contribution >= 0.6 is 0 Å². The minimum absolute atomic E-state index is 0.0410. The second kappa shape index (κ2) is 6.76. The van der Waals surface area contributed by atoms with Crippen LogP contribution in [0.2, 0.25) is 0 Å². The van der Waals surface area contributed by atoms with E-state index in [4.69, 9.17) is 0 Å². The van der Waals surface area contributed by atoms with Crippen LogP contribution in [0.15, 0.2) is 0 Å². The molecule has 1 saturated carbocycles. The van der Waals surface area contributed by atoms with Crippen molar-refractivity contribution >= 4 is 0 Å². The predicted molar refractivity (Wildman–Crippen MR) is 82.8 cm³/mol. The number of fused-ring (bicyclic) bond motifs is 1. The first kappa shape index (κ1) is 14.8. The van der Waals surface area contributed by atoms with Gasteiger partial charge in [0.05, 0.1) is 6.10 Å². The van der Waals surface area contributed by atoms with Gasteiger partial charge in [0.15, 0.2) is 0 Å². The molecule has 0 radical (unpaired) electrons. The van der Waals surface area contributed by atoms with Crippen molar-refractivity contribution in [1.29, 1.82) is 0 Å². The number of aliphatic hydroxyl groups is 1. The molecule has 1 aliphatic carbocycles. The number of rotatable bonds is 3. The average Bonchev–Trinajstić information content (AvgIpc) is 2.80. The van der Waals surface area contributed by atoms with Crippen molar-refractivity contribution in [3.05, 3.63) is 0 Å². The van der Waals surface area contributed by atoms with Crippen molar-refractivity contribution in [3.8, 4) is 0 Å². The summed E-state index contributed by atoms with van der Waals surface area (Å²) in [7, 11) is 0. The number of hydrogen-bond donors (Lipinski definition) is 1. The van der Waals surface area contributed by atoms with Crippen LogP contribution in [0.1, 0.15) is 51.9 Å². The van der Waals surface area contributed by atoms with Gasteiger partial charge in [0.2, 0.25) is 0 Å². The lowest BCUT2D eigenvalue weighted by Crippen LogP contribution is -2.42. The van der Waals surface area contributed by atoms with Gasteiger partial charge >= 0.3 is 0 Å². The number of hydrogen-bond acceptors (Lipinski definition) is 3. The normalized spacial score (nSPS) is 40.5. The highest BCUT2D eigenvalue weighted by Crippen LogP contribution is 2.32. The summed E-state index contributed by atoms with van der Waals surface area (Å²) in [6, 6.07) is 0.806. The third-order valence-electron chi connectivity index (χ3n) is 6.01. The number of aliphatic hydroxyl groups excluding tert-OH is 1. The molecule has 0 aromatic carbocycles. The molecule has 20 heavy (non-hydrogen) atoms. The standard InChI is InChI=1S/C17H32N2O/c1-2-14-6-7-17(20)15(11-14)12-18-8-4-10-19-9-3-5-16(19)13-18/h14-17,20H,2-13H2,1H3. The minimum atomic E-state index is -0.0410. The maximum Gasteiger partial charge on any atom is 0.0580 e. The lowest BCUT2D eigenvalue weighted by atomic mass is 9.78. The van der Waals surface area contributed by atoms with Crippen LogP contribution < -0.4 is 0 Å². The van der Waals surface area contributed by atoms with Crippen LogP contribution in [-0.2, 0) is 0 Å². The SMILES string of the molecule is CCC1CCC(O)C(CN2CCCN3CCCC3C2)C1. The zero-order chi connectivity index (χ0) is 13.9. The molecule has 1 N–H and O–H groups in total. The van der Waals surface area contributed by atoms with Crippen molar-refractivity contribution < 1.29 is 5.11 Å². The van der Waals surface area contributed by atoms with Crippen molar-refractivity contribution in [1.82, 2.24) is 9.80 Å². The fraction of sp³-hybridized carbons (Fsp3) is 1.00. The topological polar surface area (TPSA) is 26.7 Å². The predicted octanol–water partition coefficient (Wildman–Crippen LogP) is 2.34. The lowest BCUT2D eigenvalue weighted by Gasteiger charge is -2.36. The lowest BCUT2D eigenvalue weighted by molar-refractivity contribution is 0.0256. The molecule has 116 valence electrons. The first-order chi connectivity index (χ1) is 9.76. The molecule has 0 spiro atoms. The first-order valence-electron chi connectivity index (χ1n) is 8.90. The van der Waals surface area contributed by atoms with Crippen molar-refractivity contribution in [2.24, 2.45) is 11.8 Å². The van der Waals surface area contributed by atoms with Gasteiger partial charge in [-0.05, 0) is 70.0 Å². The van der Waals surface area contributed by atoms with Crippen LogP contribution in [0.25, 0.3) is 0 Å². The van der Waals surface area contributed by atoms with Gasteiger partial charge in [-0.1, -0.05) is 13.3 Å². The Morgan fingerprint density at radius 3 is 2.75 bits per heavy atom. The van der Waals surface area contributed by atoms with Gasteiger partial charge in [-0.3, -0.25) is 4.90 Å². The van der Waals surface area contributed by atoms with Gasteiger partial charge in [0.25, 0.3) is 0 Å². The van der Waals surface area contributed by atoms with E-state index in [1.807, 2.05) is 0 Å². The van der Waals surface area contributed by atoms with E-state index in [9.17, 15) is 5.11 Å². The van der Waals surface area contributed by atoms with Gasteiger partial charge in [-0.15, -0.1) is 0 Å². The zero-order valence-corrected chi connectivity index (χ0v) is 13.1. The average molecular weight is 280 g/mol. The molecule has 2 aliphatic heterocycles. The van der Waals surface area contributed by atoms with E-state index < -0.39 is 0 Å². The highest BCUT2D eigenvalue weighted by atomic mass is 16.3. The Hall–Kier alpha value is -0.120. The molecular formula is C17H32N2O. The van der Waals surface area contributed by atoms with Gasteiger partial charge in [0.1, 0.15) is 0 Å². The molecule has 3 heteroatoms. The van der Waals surface area contributed by atoms with Crippen LogP contribution in [0.3, 0.4) is 0 Å². The smallest absolute Gasteiger partial charge is 0.0580 e. The summed E-state index contributed by atoms with van der Waals surface area (Å²) in [4.78, 5) is 5.37. The second-order valence-electron chi connectivity index (χ2n) is 7.36. The Labute approximate surface area is 124 Å². The van der Waals surface area contributed by atoms with Gasteiger partial charge in [-0.2, -0.15) is 0 Å². The molecule has 3 fully saturated rings. The van der Waals surface area contributed by atoms with Crippen LogP contribution in [0.5, 0.6) is 0 Å². The van der Waals surface area contributed by atoms with E-state index in [2.05, 4.69) is 16.7 Å². The zero-order valence-electron chi connectivity index (χ0n) is 13.1. The van der Waals surface area contributed by atoms with E-state index in [1.54, 1.807) is 0 Å². The molecule has 0 aromatic heterocycles. The Morgan fingerprint density at radius 2 is 1.90 bits per heavy atom. The summed E-state index contributed by atoms with van der Waals surface area (Å²) in [6.07, 6.45) is 8.88. The molecule has 0 aromatic rings. The maximum atomic E-state index is 10.3. The van der Waals surface area contributed by atoms with Crippen molar-refractivity contribution in [2.75, 3.05) is 32.7 Å². The molecule has 4 atom stereocenters. The quantitative estimate of drug-likeness (QED) is 0.859. The molecule has 4 unspecified atom stereocenters. The Bertz CT molecular complexity index is 309. The molecule has 0 amide bonds. The Morgan fingerprint density at radius 1 is 1.05 bits per heavy atom. The van der Waals surface area contributed by atoms with Crippen LogP contribution in [0, 0.1) is 11.8 Å². The summed E-state index contributed by atoms with van der Waals surface area (Å²) in [5.74, 6) is 1.39. The first-order valence-corrected chi connectivity index (χ1v) is 8.90. The second-order valence-corrected chi connectivity index (χ2v) is 7.36. The summed E-state index contributed by atoms with van der Waals surface area (Å²) in [5.41, 5.74) is 0. The summed E-state index contributed by atoms with van der Waals surface area (Å²) >= 11 is 0. The highest BCUT2D eigenvalue weighted by molar-refractivity contribution is 4.87. The van der Waals surface area contributed by atoms with Crippen molar-refractivity contribution in [2.45, 2.75) is 64.0 Å². The third kappa shape index (κ3) is 3.37. The van der Waals surface area contributed by atoms with E-state index >= 15 is 0 Å². The van der Waals surface area contributed by atoms with Crippen LogP contribution in [0.4, 0.5) is 0 Å². The van der Waals surface area contributed by atoms with Gasteiger partial charge < -0.3 is 10.0 Å². The summed E-state index contributed by atoms with van der Waals surface area (Å²) in [6.45, 7) is 8.56. The Kier molecular flexibility index (Phi) is 5.00. The molecule has 3 nitrogen and oxygen atoms in total. The van der Waals surface area contributed by atoms with E-state index in [0.717, 1.165) is 24.9 Å². The fourth-order valence-electron chi connectivity index (χ4n) is 4.69. The largest absolute Gasteiger partial charge is 0.393 e. The molecule has 0 bridgehead atoms. The highest BCUT2D eigenvalue weighted by Gasteiger charge is 2.33. The number of nitrogens with zero attached hydrogens (tertiary/aromatic N) is 2. The molecule has 3 rings (SSSR count). The molecule has 2 heterocycles. The van der Waals surface area contributed by atoms with E-state index in [-0.39, 0.29) is 6.10 Å². The Balaban J connectivity index is 1.55. The third-order valence-corrected chi connectivity index (χ3v) is 6.01. The van der Waals surface area contributed by atoms with Crippen LogP contribution in [-0.4, -0.2) is 59.8 Å².